The minimum atomic E-state index is -2.79. The first kappa shape index (κ1) is 27.0. The van der Waals surface area contributed by atoms with Gasteiger partial charge in [0.1, 0.15) is 0 Å². The first-order valence-corrected chi connectivity index (χ1v) is 14.6. The predicted molar refractivity (Wildman–Crippen MR) is 145 cm³/mol. The summed E-state index contributed by atoms with van der Waals surface area (Å²) in [4.78, 5) is 28.1. The molecule has 5 fully saturated rings. The summed E-state index contributed by atoms with van der Waals surface area (Å²) in [6, 6.07) is 5.27. The molecule has 0 aromatic heterocycles. The van der Waals surface area contributed by atoms with Gasteiger partial charge in [0.15, 0.2) is 0 Å². The third kappa shape index (κ3) is 3.60. The van der Waals surface area contributed by atoms with Crippen LogP contribution in [0.5, 0.6) is 0 Å². The highest BCUT2D eigenvalue weighted by Crippen LogP contribution is 2.69. The van der Waals surface area contributed by atoms with Gasteiger partial charge in [0.05, 0.1) is 29.5 Å². The molecule has 1 aromatic carbocycles. The predicted octanol–water partition coefficient (Wildman–Crippen LogP) is 7.39. The van der Waals surface area contributed by atoms with Crippen molar-refractivity contribution in [3.63, 3.8) is 0 Å². The van der Waals surface area contributed by atoms with Crippen LogP contribution >= 0.6 is 11.6 Å². The van der Waals surface area contributed by atoms with Crippen molar-refractivity contribution in [3.8, 4) is 0 Å². The summed E-state index contributed by atoms with van der Waals surface area (Å²) >= 11 is 6.76. The van der Waals surface area contributed by atoms with Crippen molar-refractivity contribution in [1.82, 2.24) is 10.2 Å². The van der Waals surface area contributed by atoms with Gasteiger partial charge in [-0.25, -0.2) is 13.6 Å². The lowest BCUT2D eigenvalue weighted by Gasteiger charge is -2.56. The van der Waals surface area contributed by atoms with Gasteiger partial charge in [0, 0.05) is 17.1 Å². The number of ether oxygens (including phenoxy) is 1. The Balaban J connectivity index is 1.36. The number of hydrogen-bond donors (Lipinski definition) is 1. The first-order valence-electron chi connectivity index (χ1n) is 14.2. The standard InChI is InChI=1S/C31H39ClF2N2O3/c1-17-9-10-30(19-7-8-20(22(32)13-19)23-24(27(3,4)5)31(23,33)34)21(18(17)2)14-36(26(38)35-30)29-12-11-28(15-29,16-29)25(37)39-6/h7-8,13-14,17-18,23-24H,9-12,15-16H2,1-6H3,(H,35,38)/t17-,18+,23?,24?,28?,29?,30?/m0/s1. The number of methoxy groups -OCH3 is 1. The zero-order valence-corrected chi connectivity index (χ0v) is 24.4. The van der Waals surface area contributed by atoms with Crippen LogP contribution in [-0.4, -0.2) is 35.5 Å². The fourth-order valence-corrected chi connectivity index (χ4v) is 8.99. The maximum Gasteiger partial charge on any atom is 0.322 e. The molecule has 3 unspecified atom stereocenters. The lowest BCUT2D eigenvalue weighted by molar-refractivity contribution is -0.160. The Morgan fingerprint density at radius 3 is 2.44 bits per heavy atom. The number of carbonyl (C=O) groups is 2. The zero-order chi connectivity index (χ0) is 28.3. The quantitative estimate of drug-likeness (QED) is 0.391. The van der Waals surface area contributed by atoms with Crippen molar-refractivity contribution < 1.29 is 23.1 Å². The van der Waals surface area contributed by atoms with Gasteiger partial charge in [-0.15, -0.1) is 0 Å². The molecular formula is C31H39ClF2N2O3. The van der Waals surface area contributed by atoms with Crippen molar-refractivity contribution in [2.75, 3.05) is 7.11 Å². The number of benzene rings is 1. The van der Waals surface area contributed by atoms with Gasteiger partial charge in [-0.05, 0) is 78.5 Å². The molecule has 2 amide bonds. The van der Waals surface area contributed by atoms with E-state index < -0.39 is 34.1 Å². The van der Waals surface area contributed by atoms with Crippen molar-refractivity contribution >= 4 is 23.6 Å². The molecule has 5 saturated carbocycles. The highest BCUT2D eigenvalue weighted by molar-refractivity contribution is 6.31. The van der Waals surface area contributed by atoms with Crippen molar-refractivity contribution in [2.24, 2.45) is 28.6 Å². The number of nitrogens with one attached hydrogen (secondary N) is 1. The van der Waals surface area contributed by atoms with Gasteiger partial charge in [0.2, 0.25) is 0 Å². The van der Waals surface area contributed by atoms with Crippen molar-refractivity contribution in [3.05, 3.63) is 46.1 Å². The number of amides is 2. The Morgan fingerprint density at radius 1 is 1.15 bits per heavy atom. The van der Waals surface area contributed by atoms with Crippen LogP contribution in [0.25, 0.3) is 0 Å². The molecule has 2 bridgehead atoms. The Morgan fingerprint density at radius 2 is 1.85 bits per heavy atom. The highest BCUT2D eigenvalue weighted by atomic mass is 35.5. The molecular weight excluding hydrogens is 522 g/mol. The third-order valence-electron chi connectivity index (χ3n) is 11.0. The van der Waals surface area contributed by atoms with Crippen LogP contribution < -0.4 is 5.32 Å². The molecule has 7 rings (SSSR count). The lowest BCUT2D eigenvalue weighted by atomic mass is 9.62. The second-order valence-electron chi connectivity index (χ2n) is 14.2. The van der Waals surface area contributed by atoms with E-state index in [2.05, 4.69) is 19.2 Å². The second-order valence-corrected chi connectivity index (χ2v) is 14.6. The lowest BCUT2D eigenvalue weighted by Crippen LogP contribution is -2.66. The molecule has 1 heterocycles. The second kappa shape index (κ2) is 8.20. The van der Waals surface area contributed by atoms with Gasteiger partial charge in [-0.2, -0.15) is 0 Å². The van der Waals surface area contributed by atoms with E-state index in [1.165, 1.54) is 7.11 Å². The summed E-state index contributed by atoms with van der Waals surface area (Å²) < 4.78 is 34.8. The maximum absolute atomic E-state index is 14.9. The van der Waals surface area contributed by atoms with Gasteiger partial charge < -0.3 is 10.1 Å². The van der Waals surface area contributed by atoms with Crippen LogP contribution in [0, 0.1) is 28.6 Å². The molecule has 0 spiro atoms. The fourth-order valence-electron chi connectivity index (χ4n) is 8.70. The summed E-state index contributed by atoms with van der Waals surface area (Å²) in [5.41, 5.74) is 0.304. The molecule has 5 atom stereocenters. The molecule has 5 nitrogen and oxygen atoms in total. The van der Waals surface area contributed by atoms with E-state index in [4.69, 9.17) is 16.3 Å². The molecule has 0 radical (unpaired) electrons. The number of hydrogen-bond acceptors (Lipinski definition) is 3. The summed E-state index contributed by atoms with van der Waals surface area (Å²) in [5, 5.41) is 3.70. The van der Waals surface area contributed by atoms with E-state index in [0.717, 1.165) is 30.4 Å². The normalized spacial score (nSPS) is 40.3. The molecule has 5 aliphatic carbocycles. The topological polar surface area (TPSA) is 58.6 Å². The number of fused-ring (bicyclic) bond motifs is 2. The van der Waals surface area contributed by atoms with E-state index in [-0.39, 0.29) is 23.5 Å². The molecule has 6 aliphatic rings. The SMILES string of the molecule is COC(=O)C12CCC(N3C=C4[C@H](C)[C@@H](C)CCC4(c4ccc(C5C(C(C)(C)C)C5(F)F)c(Cl)c4)NC3=O)(C1)C2. The van der Waals surface area contributed by atoms with Crippen LogP contribution in [0.1, 0.15) is 90.2 Å². The van der Waals surface area contributed by atoms with E-state index in [1.807, 2.05) is 37.9 Å². The Hall–Kier alpha value is -2.15. The molecule has 1 N–H and O–H groups in total. The molecule has 1 aliphatic heterocycles. The zero-order valence-electron chi connectivity index (χ0n) is 23.7. The molecule has 212 valence electrons. The monoisotopic (exact) mass is 560 g/mol. The van der Waals surface area contributed by atoms with E-state index in [0.29, 0.717) is 35.8 Å². The smallest absolute Gasteiger partial charge is 0.322 e. The van der Waals surface area contributed by atoms with Crippen molar-refractivity contribution in [2.45, 2.75) is 96.1 Å². The number of urea groups is 1. The van der Waals surface area contributed by atoms with Crippen molar-refractivity contribution in [1.29, 1.82) is 0 Å². The Labute approximate surface area is 234 Å². The van der Waals surface area contributed by atoms with Gasteiger partial charge in [-0.3, -0.25) is 9.69 Å². The van der Waals surface area contributed by atoms with Crippen LogP contribution in [0.3, 0.4) is 0 Å². The number of nitrogens with zero attached hydrogens (tertiary/aromatic N) is 1. The first-order chi connectivity index (χ1) is 18.1. The summed E-state index contributed by atoms with van der Waals surface area (Å²) in [5.74, 6) is -4.01. The molecule has 8 heteroatoms. The molecule has 0 saturated heterocycles. The van der Waals surface area contributed by atoms with E-state index in [1.54, 1.807) is 12.1 Å². The average Bonchev–Trinajstić information content (AvgIpc) is 3.13. The molecule has 39 heavy (non-hydrogen) atoms. The Bertz CT molecular complexity index is 1280. The minimum Gasteiger partial charge on any atom is -0.469 e. The van der Waals surface area contributed by atoms with E-state index in [9.17, 15) is 18.4 Å². The number of alkyl halides is 2. The largest absolute Gasteiger partial charge is 0.469 e. The van der Waals surface area contributed by atoms with Gasteiger partial charge in [0.25, 0.3) is 5.92 Å². The van der Waals surface area contributed by atoms with E-state index >= 15 is 0 Å². The van der Waals surface area contributed by atoms with Crippen LogP contribution in [0.15, 0.2) is 30.0 Å². The van der Waals surface area contributed by atoms with Crippen LogP contribution in [0.4, 0.5) is 13.6 Å². The minimum absolute atomic E-state index is 0.178. The number of carbonyl (C=O) groups excluding carboxylic acids is 2. The fraction of sp³-hybridized carbons (Fsp3) is 0.677. The van der Waals surface area contributed by atoms with Gasteiger partial charge >= 0.3 is 12.0 Å². The summed E-state index contributed by atoms with van der Waals surface area (Å²) in [6.45, 7) is 9.96. The third-order valence-corrected chi connectivity index (χ3v) is 11.3. The highest BCUT2D eigenvalue weighted by Gasteiger charge is 2.73. The van der Waals surface area contributed by atoms with Gasteiger partial charge in [-0.1, -0.05) is 58.4 Å². The average molecular weight is 561 g/mol. The Kier molecular flexibility index (Phi) is 5.69. The number of halogens is 3. The van der Waals surface area contributed by atoms with Crippen LogP contribution in [-0.2, 0) is 15.1 Å². The number of esters is 1. The molecule has 1 aromatic rings. The van der Waals surface area contributed by atoms with Crippen LogP contribution in [0.2, 0.25) is 5.02 Å². The summed E-state index contributed by atoms with van der Waals surface area (Å²) in [7, 11) is 1.43. The maximum atomic E-state index is 14.9. The summed E-state index contributed by atoms with van der Waals surface area (Å²) in [6.07, 6.45) is 6.39. The number of rotatable bonds is 4.